The van der Waals surface area contributed by atoms with Crippen molar-refractivity contribution in [2.75, 3.05) is 13.2 Å². The Morgan fingerprint density at radius 1 is 0.309 bits per heavy atom. The number of carbonyl (C=O) groups excluding carboxylic acids is 3. The second-order valence-corrected chi connectivity index (χ2v) is 19.3. The molecule has 0 rings (SSSR count). The van der Waals surface area contributed by atoms with Gasteiger partial charge < -0.3 is 14.2 Å². The van der Waals surface area contributed by atoms with E-state index in [9.17, 15) is 14.4 Å². The number of esters is 3. The van der Waals surface area contributed by atoms with E-state index in [2.05, 4.69) is 93.7 Å². The number of ether oxygens (including phenoxy) is 3. The molecule has 6 heteroatoms. The van der Waals surface area contributed by atoms with Crippen LogP contribution in [0.25, 0.3) is 0 Å². The number of hydrogen-bond acceptors (Lipinski definition) is 6. The Balaban J connectivity index is 4.38. The van der Waals surface area contributed by atoms with Crippen LogP contribution in [-0.4, -0.2) is 37.2 Å². The normalized spacial score (nSPS) is 12.6. The van der Waals surface area contributed by atoms with Gasteiger partial charge in [-0.25, -0.2) is 0 Å². The third-order valence-electron chi connectivity index (χ3n) is 12.5. The summed E-state index contributed by atoms with van der Waals surface area (Å²) in [4.78, 5) is 38.1. The first-order chi connectivity index (χ1) is 33.5. The van der Waals surface area contributed by atoms with Crippen molar-refractivity contribution >= 4 is 17.9 Å². The van der Waals surface area contributed by atoms with E-state index in [1.165, 1.54) is 148 Å². The Morgan fingerprint density at radius 3 is 0.971 bits per heavy atom. The van der Waals surface area contributed by atoms with Crippen LogP contribution in [0.1, 0.15) is 284 Å². The van der Waals surface area contributed by atoms with Crippen LogP contribution in [0.4, 0.5) is 0 Å². The molecule has 6 nitrogen and oxygen atoms in total. The summed E-state index contributed by atoms with van der Waals surface area (Å²) in [5.74, 6) is -0.911. The zero-order valence-electron chi connectivity index (χ0n) is 44.9. The molecule has 0 amide bonds. The van der Waals surface area contributed by atoms with E-state index in [0.29, 0.717) is 19.3 Å². The zero-order valence-corrected chi connectivity index (χ0v) is 44.9. The molecular weight excluding hydrogens is 841 g/mol. The van der Waals surface area contributed by atoms with E-state index in [1.54, 1.807) is 0 Å². The minimum Gasteiger partial charge on any atom is -0.462 e. The van der Waals surface area contributed by atoms with Crippen LogP contribution in [0.5, 0.6) is 0 Å². The first kappa shape index (κ1) is 64.8. The molecule has 0 aliphatic carbocycles. The van der Waals surface area contributed by atoms with Gasteiger partial charge in [0.2, 0.25) is 0 Å². The van der Waals surface area contributed by atoms with Crippen molar-refractivity contribution in [2.24, 2.45) is 0 Å². The van der Waals surface area contributed by atoms with Crippen molar-refractivity contribution in [3.05, 3.63) is 72.9 Å². The van der Waals surface area contributed by atoms with Gasteiger partial charge in [0, 0.05) is 19.3 Å². The number of carbonyl (C=O) groups is 3. The van der Waals surface area contributed by atoms with Crippen molar-refractivity contribution in [1.82, 2.24) is 0 Å². The first-order valence-electron chi connectivity index (χ1n) is 29.0. The maximum Gasteiger partial charge on any atom is 0.306 e. The lowest BCUT2D eigenvalue weighted by atomic mass is 10.1. The third-order valence-corrected chi connectivity index (χ3v) is 12.5. The van der Waals surface area contributed by atoms with Gasteiger partial charge in [-0.1, -0.05) is 248 Å². The monoisotopic (exact) mass is 949 g/mol. The average molecular weight is 950 g/mol. The highest BCUT2D eigenvalue weighted by Gasteiger charge is 2.19. The Kier molecular flexibility index (Phi) is 53.8. The smallest absolute Gasteiger partial charge is 0.306 e. The first-order valence-corrected chi connectivity index (χ1v) is 29.0. The van der Waals surface area contributed by atoms with E-state index in [4.69, 9.17) is 14.2 Å². The maximum absolute atomic E-state index is 12.9. The molecule has 0 N–H and O–H groups in total. The summed E-state index contributed by atoms with van der Waals surface area (Å²) in [5, 5.41) is 0. The van der Waals surface area contributed by atoms with Crippen molar-refractivity contribution in [2.45, 2.75) is 290 Å². The van der Waals surface area contributed by atoms with Crippen LogP contribution >= 0.6 is 0 Å². The Morgan fingerprint density at radius 2 is 0.588 bits per heavy atom. The Bertz CT molecular complexity index is 1270. The van der Waals surface area contributed by atoms with Crippen LogP contribution < -0.4 is 0 Å². The second kappa shape index (κ2) is 56.4. The molecule has 0 spiro atoms. The molecule has 0 fully saturated rings. The largest absolute Gasteiger partial charge is 0.462 e. The molecule has 0 saturated carbocycles. The predicted molar refractivity (Wildman–Crippen MR) is 293 cm³/mol. The molecule has 0 aliphatic heterocycles. The fourth-order valence-electron chi connectivity index (χ4n) is 8.13. The van der Waals surface area contributed by atoms with Crippen molar-refractivity contribution in [1.29, 1.82) is 0 Å². The number of allylic oxidation sites excluding steroid dienone is 12. The maximum atomic E-state index is 12.9. The van der Waals surface area contributed by atoms with E-state index in [-0.39, 0.29) is 31.1 Å². The molecule has 0 aromatic heterocycles. The van der Waals surface area contributed by atoms with E-state index >= 15 is 0 Å². The van der Waals surface area contributed by atoms with Gasteiger partial charge in [-0.15, -0.1) is 0 Å². The Labute approximate surface area is 421 Å². The predicted octanol–water partition coefficient (Wildman–Crippen LogP) is 19.4. The molecule has 0 aromatic rings. The van der Waals surface area contributed by atoms with Crippen molar-refractivity contribution in [3.8, 4) is 0 Å². The quantitative estimate of drug-likeness (QED) is 0.0199. The van der Waals surface area contributed by atoms with Crippen molar-refractivity contribution in [3.63, 3.8) is 0 Å². The summed E-state index contributed by atoms with van der Waals surface area (Å²) in [6, 6.07) is 0. The van der Waals surface area contributed by atoms with Gasteiger partial charge in [-0.05, 0) is 89.9 Å². The highest BCUT2D eigenvalue weighted by molar-refractivity contribution is 5.71. The SMILES string of the molecule is CC\C=C/C=C\C=C/CCCCCCCC(=O)OCC(COC(=O)CCCCCCCCCCCC/C=C\C=C/CCCCC)OC(=O)CCCCCCC/C=C\CCCCCCCCCCC. The topological polar surface area (TPSA) is 78.9 Å². The third kappa shape index (κ3) is 53.8. The highest BCUT2D eigenvalue weighted by Crippen LogP contribution is 2.15. The number of hydrogen-bond donors (Lipinski definition) is 0. The van der Waals surface area contributed by atoms with E-state index in [1.807, 2.05) is 0 Å². The summed E-state index contributed by atoms with van der Waals surface area (Å²) >= 11 is 0. The van der Waals surface area contributed by atoms with Gasteiger partial charge in [0.25, 0.3) is 0 Å². The van der Waals surface area contributed by atoms with Crippen molar-refractivity contribution < 1.29 is 28.6 Å². The summed E-state index contributed by atoms with van der Waals surface area (Å²) in [5.41, 5.74) is 0. The average Bonchev–Trinajstić information content (AvgIpc) is 3.34. The minimum atomic E-state index is -0.790. The summed E-state index contributed by atoms with van der Waals surface area (Å²) in [6.07, 6.45) is 71.8. The summed E-state index contributed by atoms with van der Waals surface area (Å²) < 4.78 is 16.8. The highest BCUT2D eigenvalue weighted by atomic mass is 16.6. The summed E-state index contributed by atoms with van der Waals surface area (Å²) in [6.45, 7) is 6.47. The summed E-state index contributed by atoms with van der Waals surface area (Å²) in [7, 11) is 0. The molecule has 0 saturated heterocycles. The Hall–Kier alpha value is -3.15. The van der Waals surface area contributed by atoms with Crippen LogP contribution in [0, 0.1) is 0 Å². The van der Waals surface area contributed by atoms with Gasteiger partial charge in [0.15, 0.2) is 6.10 Å². The zero-order chi connectivity index (χ0) is 49.3. The molecule has 392 valence electrons. The van der Waals surface area contributed by atoms with Crippen LogP contribution in [0.2, 0.25) is 0 Å². The van der Waals surface area contributed by atoms with Crippen LogP contribution in [-0.2, 0) is 28.6 Å². The number of rotatable bonds is 52. The van der Waals surface area contributed by atoms with Gasteiger partial charge in [0.1, 0.15) is 13.2 Å². The fraction of sp³-hybridized carbons (Fsp3) is 0.758. The molecule has 0 heterocycles. The van der Waals surface area contributed by atoms with E-state index in [0.717, 1.165) is 96.3 Å². The fourth-order valence-corrected chi connectivity index (χ4v) is 8.13. The molecule has 1 atom stereocenters. The molecule has 68 heavy (non-hydrogen) atoms. The minimum absolute atomic E-state index is 0.0867. The van der Waals surface area contributed by atoms with E-state index < -0.39 is 6.10 Å². The van der Waals surface area contributed by atoms with Crippen LogP contribution in [0.15, 0.2) is 72.9 Å². The molecule has 0 aromatic carbocycles. The molecular formula is C62H108O6. The number of unbranched alkanes of at least 4 members (excludes halogenated alkanes) is 32. The molecule has 0 bridgehead atoms. The van der Waals surface area contributed by atoms with Gasteiger partial charge in [0.05, 0.1) is 0 Å². The molecule has 1 unspecified atom stereocenters. The molecule has 0 aliphatic rings. The van der Waals surface area contributed by atoms with Gasteiger partial charge >= 0.3 is 17.9 Å². The molecule has 0 radical (unpaired) electrons. The second-order valence-electron chi connectivity index (χ2n) is 19.3. The standard InChI is InChI=1S/C62H108O6/c1-4-7-10-13-16-19-22-25-27-29-31-33-34-37-40-43-46-49-52-55-61(64)67-58-59(57-66-60(63)54-51-48-45-42-39-36-24-21-18-15-12-9-6-3)68-62(65)56-53-50-47-44-41-38-35-32-30-28-26-23-20-17-14-11-8-5-2/h9,12,15-16,18-19,21-22,24-25,32,35,59H,4-8,10-11,13-14,17,20,23,26-31,33-34,36-58H2,1-3H3/b12-9-,18-15-,19-16-,24-21-,25-22-,35-32-. The lowest BCUT2D eigenvalue weighted by Crippen LogP contribution is -2.30. The van der Waals surface area contributed by atoms with Crippen LogP contribution in [0.3, 0.4) is 0 Å². The lowest BCUT2D eigenvalue weighted by Gasteiger charge is -2.18. The lowest BCUT2D eigenvalue weighted by molar-refractivity contribution is -0.167. The van der Waals surface area contributed by atoms with Gasteiger partial charge in [-0.2, -0.15) is 0 Å². The van der Waals surface area contributed by atoms with Gasteiger partial charge in [-0.3, -0.25) is 14.4 Å².